The van der Waals surface area contributed by atoms with Crippen LogP contribution in [0.5, 0.6) is 11.6 Å². The maximum atomic E-state index is 9.15. The molecule has 3 aliphatic rings. The molecule has 0 atom stereocenters. The summed E-state index contributed by atoms with van der Waals surface area (Å²) in [5.41, 5.74) is 10.6. The number of pyridine rings is 2. The third-order valence-corrected chi connectivity index (χ3v) is 12.9. The standard InChI is InChI=1S/C63H60B2N7O.Pt/c1-61(2,3)43-28-35-68-58(38-43)72-53-23-11-10-20-47(53)48-27-26-46(41-56(48)72)73-59-40-45(39-57(69-59)63(7,8)9)70-42-71(55-25-13-12-24-54(55)70)60-49(51-21-18-33-66-31-16-14-29-64-51)36-44(62(4,5)6)37-50(60)52-22-19-34-67-32-17-15-30-65-52;/h10-39,42,66-67H,1-9H3;/q-3;/b29-14-,30-15-,31-16-,32-17-,33-18-,34-19-,51-21-,52-22-;/i10D,11D,20D,23D;. The maximum Gasteiger partial charge on any atom is 0.182 e. The minimum Gasteiger partial charge on any atom is -0.503 e. The first kappa shape index (κ1) is 46.5. The van der Waals surface area contributed by atoms with E-state index in [0.717, 1.165) is 50.4 Å². The van der Waals surface area contributed by atoms with E-state index in [1.54, 1.807) is 16.8 Å². The van der Waals surface area contributed by atoms with Crippen LogP contribution in [-0.2, 0) is 37.3 Å². The van der Waals surface area contributed by atoms with Crippen LogP contribution in [0.3, 0.4) is 0 Å². The van der Waals surface area contributed by atoms with Crippen molar-refractivity contribution in [3.63, 3.8) is 0 Å². The number of hydrogen-bond donors (Lipinski definition) is 2. The van der Waals surface area contributed by atoms with E-state index in [0.29, 0.717) is 39.1 Å². The van der Waals surface area contributed by atoms with E-state index in [4.69, 9.17) is 20.2 Å². The molecule has 0 saturated carbocycles. The van der Waals surface area contributed by atoms with Crippen molar-refractivity contribution in [1.82, 2.24) is 25.2 Å². The van der Waals surface area contributed by atoms with Gasteiger partial charge >= 0.3 is 0 Å². The van der Waals surface area contributed by atoms with Gasteiger partial charge in [0.15, 0.2) is 14.6 Å². The van der Waals surface area contributed by atoms with E-state index >= 15 is 0 Å². The van der Waals surface area contributed by atoms with Gasteiger partial charge in [0.2, 0.25) is 0 Å². The van der Waals surface area contributed by atoms with Gasteiger partial charge in [0.1, 0.15) is 11.7 Å². The van der Waals surface area contributed by atoms with Crippen molar-refractivity contribution in [2.24, 2.45) is 0 Å². The van der Waals surface area contributed by atoms with Crippen LogP contribution >= 0.6 is 0 Å². The van der Waals surface area contributed by atoms with E-state index in [1.807, 2.05) is 85.5 Å². The Morgan fingerprint density at radius 2 is 1.27 bits per heavy atom. The third kappa shape index (κ3) is 10.8. The number of fused-ring (bicyclic) bond motifs is 4. The summed E-state index contributed by atoms with van der Waals surface area (Å²) < 4.78 is 44.1. The van der Waals surface area contributed by atoms with Crippen molar-refractivity contribution in [3.05, 3.63) is 229 Å². The Kier molecular flexibility index (Phi) is 13.4. The van der Waals surface area contributed by atoms with E-state index in [2.05, 4.69) is 177 Å². The summed E-state index contributed by atoms with van der Waals surface area (Å²) in [6.07, 6.45) is 25.7. The number of allylic oxidation sites excluding steroid dienone is 8. The number of rotatable bonds is 7. The van der Waals surface area contributed by atoms with Crippen LogP contribution in [0, 0.1) is 18.8 Å². The van der Waals surface area contributed by atoms with Gasteiger partial charge in [0.25, 0.3) is 0 Å². The summed E-state index contributed by atoms with van der Waals surface area (Å²) in [6.45, 7) is 21.6. The number of ether oxygens (including phenoxy) is 1. The number of hydrogen-bond acceptors (Lipinski definition) is 7. The Morgan fingerprint density at radius 1 is 0.649 bits per heavy atom. The van der Waals surface area contributed by atoms with Crippen LogP contribution in [-0.4, -0.2) is 29.1 Å². The molecule has 2 N–H and O–H groups in total. The summed E-state index contributed by atoms with van der Waals surface area (Å²) >= 11 is 0. The Balaban J connectivity index is 0.00000740. The molecule has 7 aromatic rings. The largest absolute Gasteiger partial charge is 0.503 e. The fourth-order valence-electron chi connectivity index (χ4n) is 8.94. The van der Waals surface area contributed by atoms with E-state index in [9.17, 15) is 0 Å². The molecule has 3 aromatic heterocycles. The third-order valence-electron chi connectivity index (χ3n) is 12.9. The first-order chi connectivity index (χ1) is 36.8. The molecule has 372 valence electrons. The van der Waals surface area contributed by atoms with Crippen molar-refractivity contribution < 1.29 is 31.3 Å². The van der Waals surface area contributed by atoms with Gasteiger partial charge in [-0.2, -0.15) is 23.9 Å². The van der Waals surface area contributed by atoms with E-state index < -0.39 is 5.41 Å². The predicted molar refractivity (Wildman–Crippen MR) is 307 cm³/mol. The van der Waals surface area contributed by atoms with Crippen LogP contribution in [0.2, 0.25) is 0 Å². The SMILES string of the molecule is [2H]c1c([2H])c([2H])c2c(c1[2H])c1ccc(Oc3[c-]c(N4[CH-]N(c5c(/C6=C/C=C\N/C=C\C=C/[B]6)cc(C(C)(C)C)cc5/C5=C/C=C\N/C=C\C=C/[B]5)c5ccccc54)cc(C(C)(C)C)n3)[c-]c1n2-c1cc(C(C)(C)C)ccn1.[Pt]. The van der Waals surface area contributed by atoms with Gasteiger partial charge in [0, 0.05) is 80.4 Å². The molecule has 2 radical (unpaired) electrons. The average molecular weight is 1150 g/mol. The van der Waals surface area contributed by atoms with Crippen LogP contribution in [0.1, 0.15) is 95.7 Å². The first-order valence-corrected chi connectivity index (χ1v) is 24.6. The Bertz CT molecular complexity index is 3670. The zero-order valence-electron chi connectivity index (χ0n) is 47.2. The molecule has 0 spiro atoms. The average Bonchev–Trinajstić information content (AvgIpc) is 4.02. The zero-order valence-corrected chi connectivity index (χ0v) is 45.5. The monoisotopic (exact) mass is 1150 g/mol. The van der Waals surface area contributed by atoms with Gasteiger partial charge in [-0.15, -0.1) is 36.1 Å². The molecule has 8 nitrogen and oxygen atoms in total. The van der Waals surface area contributed by atoms with Gasteiger partial charge in [-0.3, -0.25) is 4.98 Å². The van der Waals surface area contributed by atoms with Gasteiger partial charge in [0.05, 0.1) is 5.48 Å². The molecule has 0 fully saturated rings. The van der Waals surface area contributed by atoms with Gasteiger partial charge in [-0.25, -0.2) is 4.98 Å². The Morgan fingerprint density at radius 3 is 1.91 bits per heavy atom. The number of benzene rings is 4. The smallest absolute Gasteiger partial charge is 0.182 e. The molecule has 0 aliphatic carbocycles. The quantitative estimate of drug-likeness (QED) is 0.122. The summed E-state index contributed by atoms with van der Waals surface area (Å²) in [7, 11) is 4.32. The minimum absolute atomic E-state index is 0. The number of anilines is 4. The van der Waals surface area contributed by atoms with Gasteiger partial charge in [-0.05, 0) is 116 Å². The van der Waals surface area contributed by atoms with Crippen molar-refractivity contribution in [3.8, 4) is 17.4 Å². The first-order valence-electron chi connectivity index (χ1n) is 26.6. The molecule has 3 aliphatic heterocycles. The van der Waals surface area contributed by atoms with Gasteiger partial charge < -0.3 is 29.7 Å². The molecule has 0 saturated heterocycles. The second-order valence-electron chi connectivity index (χ2n) is 21.2. The Hall–Kier alpha value is -7.28. The summed E-state index contributed by atoms with van der Waals surface area (Å²) in [4.78, 5) is 14.3. The van der Waals surface area contributed by atoms with Crippen LogP contribution in [0.25, 0.3) is 38.6 Å². The summed E-state index contributed by atoms with van der Waals surface area (Å²) in [5.74, 6) is 5.17. The molecule has 10 rings (SSSR count). The van der Waals surface area contributed by atoms with E-state index in [1.165, 1.54) is 5.56 Å². The topological polar surface area (TPSA) is 70.5 Å². The predicted octanol–water partition coefficient (Wildman–Crippen LogP) is 14.6. The van der Waals surface area contributed by atoms with E-state index in [-0.39, 0.29) is 61.9 Å². The molecule has 6 heterocycles. The number of aromatic nitrogens is 3. The second-order valence-corrected chi connectivity index (χ2v) is 21.2. The maximum absolute atomic E-state index is 9.15. The van der Waals surface area contributed by atoms with Crippen LogP contribution < -0.4 is 25.2 Å². The molecule has 4 aromatic carbocycles. The molecule has 74 heavy (non-hydrogen) atoms. The molecule has 11 heteroatoms. The van der Waals surface area contributed by atoms with Gasteiger partial charge in [-0.1, -0.05) is 133 Å². The van der Waals surface area contributed by atoms with Crippen LogP contribution in [0.15, 0.2) is 182 Å². The minimum atomic E-state index is -0.419. The van der Waals surface area contributed by atoms with Crippen molar-refractivity contribution in [2.75, 3.05) is 9.80 Å². The number of nitrogens with zero attached hydrogens (tertiary/aromatic N) is 5. The zero-order chi connectivity index (χ0) is 54.4. The number of para-hydroxylation sites is 3. The fraction of sp³-hybridized carbons (Fsp3) is 0.190. The second kappa shape index (κ2) is 21.3. The molecular weight excluding hydrogens is 1090 g/mol. The molecule has 0 unspecified atom stereocenters. The normalized spacial score (nSPS) is 19.6. The molecule has 0 bridgehead atoms. The summed E-state index contributed by atoms with van der Waals surface area (Å²) in [6, 6.07) is 28.7. The summed E-state index contributed by atoms with van der Waals surface area (Å²) in [5, 5.41) is 7.44. The molecule has 0 amide bonds. The van der Waals surface area contributed by atoms with Crippen molar-refractivity contribution >= 4 is 70.1 Å². The van der Waals surface area contributed by atoms with Crippen molar-refractivity contribution in [2.45, 2.75) is 78.6 Å². The van der Waals surface area contributed by atoms with Crippen molar-refractivity contribution in [1.29, 1.82) is 0 Å². The van der Waals surface area contributed by atoms with Crippen LogP contribution in [0.4, 0.5) is 22.7 Å². The number of nitrogens with one attached hydrogen (secondary N) is 2. The molecular formula is C63H60B2N7OPt-3. The fourth-order valence-corrected chi connectivity index (χ4v) is 8.94. The Labute approximate surface area is 459 Å².